The summed E-state index contributed by atoms with van der Waals surface area (Å²) < 4.78 is 4.93. The highest BCUT2D eigenvalue weighted by Gasteiger charge is 2.18. The van der Waals surface area contributed by atoms with Crippen LogP contribution in [0.5, 0.6) is 0 Å². The molecule has 1 aromatic carbocycles. The number of benzene rings is 1. The van der Waals surface area contributed by atoms with Crippen molar-refractivity contribution < 1.29 is 19.1 Å². The molecule has 0 unspecified atom stereocenters. The number of amides is 2. The number of anilines is 2. The number of nitrogens with one attached hydrogen (secondary N) is 1. The SMILES string of the molecule is CCOC(=O)c1ccc(NC(=O)c2cnc(N3CCN(C=O)CC3)nc2)cc1. The number of piperazine rings is 1. The minimum absolute atomic E-state index is 0.306. The van der Waals surface area contributed by atoms with Gasteiger partial charge in [0.2, 0.25) is 12.4 Å². The van der Waals surface area contributed by atoms with Crippen molar-refractivity contribution in [2.45, 2.75) is 6.92 Å². The van der Waals surface area contributed by atoms with Crippen LogP contribution in [0.1, 0.15) is 27.6 Å². The first-order valence-electron chi connectivity index (χ1n) is 8.95. The van der Waals surface area contributed by atoms with Crippen molar-refractivity contribution >= 4 is 29.9 Å². The molecular weight excluding hydrogens is 362 g/mol. The highest BCUT2D eigenvalue weighted by molar-refractivity contribution is 6.04. The summed E-state index contributed by atoms with van der Waals surface area (Å²) >= 11 is 0. The normalized spacial score (nSPS) is 13.8. The fourth-order valence-electron chi connectivity index (χ4n) is 2.74. The van der Waals surface area contributed by atoms with Gasteiger partial charge >= 0.3 is 5.97 Å². The van der Waals surface area contributed by atoms with Crippen LogP contribution in [-0.4, -0.2) is 65.9 Å². The summed E-state index contributed by atoms with van der Waals surface area (Å²) in [5, 5.41) is 2.74. The van der Waals surface area contributed by atoms with Crippen molar-refractivity contribution in [3.63, 3.8) is 0 Å². The number of carbonyl (C=O) groups is 3. The summed E-state index contributed by atoms with van der Waals surface area (Å²) in [6.07, 6.45) is 3.78. The molecule has 2 heterocycles. The molecule has 146 valence electrons. The molecule has 0 atom stereocenters. The first-order chi connectivity index (χ1) is 13.6. The first-order valence-corrected chi connectivity index (χ1v) is 8.95. The quantitative estimate of drug-likeness (QED) is 0.590. The molecule has 1 saturated heterocycles. The van der Waals surface area contributed by atoms with Crippen LogP contribution in [0, 0.1) is 0 Å². The predicted molar refractivity (Wildman–Crippen MR) is 102 cm³/mol. The van der Waals surface area contributed by atoms with Crippen LogP contribution in [0.25, 0.3) is 0 Å². The number of aromatic nitrogens is 2. The molecule has 0 aliphatic carbocycles. The van der Waals surface area contributed by atoms with Crippen LogP contribution in [0.15, 0.2) is 36.7 Å². The van der Waals surface area contributed by atoms with Crippen molar-refractivity contribution in [1.82, 2.24) is 14.9 Å². The second kappa shape index (κ2) is 8.94. The molecule has 28 heavy (non-hydrogen) atoms. The standard InChI is InChI=1S/C19H21N5O4/c1-2-28-18(27)14-3-5-16(6-4-14)22-17(26)15-11-20-19(21-12-15)24-9-7-23(13-25)8-10-24/h3-6,11-13H,2,7-10H2,1H3,(H,22,26). The molecule has 9 nitrogen and oxygen atoms in total. The third-order valence-electron chi connectivity index (χ3n) is 4.30. The van der Waals surface area contributed by atoms with Gasteiger partial charge in [0.25, 0.3) is 5.91 Å². The average Bonchev–Trinajstić information content (AvgIpc) is 2.74. The lowest BCUT2D eigenvalue weighted by molar-refractivity contribution is -0.118. The van der Waals surface area contributed by atoms with Crippen LogP contribution in [0.2, 0.25) is 0 Å². The van der Waals surface area contributed by atoms with E-state index in [9.17, 15) is 14.4 Å². The number of hydrogen-bond acceptors (Lipinski definition) is 7. The Labute approximate surface area is 162 Å². The van der Waals surface area contributed by atoms with Crippen molar-refractivity contribution in [2.75, 3.05) is 43.0 Å². The maximum absolute atomic E-state index is 12.4. The maximum Gasteiger partial charge on any atom is 0.338 e. The van der Waals surface area contributed by atoms with E-state index in [4.69, 9.17) is 4.74 Å². The van der Waals surface area contributed by atoms with Crippen molar-refractivity contribution in [2.24, 2.45) is 0 Å². The number of rotatable bonds is 6. The Morgan fingerprint density at radius 1 is 1.07 bits per heavy atom. The Morgan fingerprint density at radius 2 is 1.71 bits per heavy atom. The molecule has 0 saturated carbocycles. The van der Waals surface area contributed by atoms with Crippen LogP contribution >= 0.6 is 0 Å². The topological polar surface area (TPSA) is 105 Å². The fraction of sp³-hybridized carbons (Fsp3) is 0.316. The Hall–Kier alpha value is -3.49. The zero-order chi connectivity index (χ0) is 19.9. The molecule has 1 aliphatic heterocycles. The van der Waals surface area contributed by atoms with Crippen LogP contribution < -0.4 is 10.2 Å². The van der Waals surface area contributed by atoms with E-state index in [0.29, 0.717) is 55.5 Å². The summed E-state index contributed by atoms with van der Waals surface area (Å²) in [4.78, 5) is 47.0. The molecule has 1 N–H and O–H groups in total. The van der Waals surface area contributed by atoms with Gasteiger partial charge < -0.3 is 19.9 Å². The third kappa shape index (κ3) is 4.61. The zero-order valence-corrected chi connectivity index (χ0v) is 15.5. The third-order valence-corrected chi connectivity index (χ3v) is 4.30. The monoisotopic (exact) mass is 383 g/mol. The van der Waals surface area contributed by atoms with Crippen LogP contribution in [0.4, 0.5) is 11.6 Å². The van der Waals surface area contributed by atoms with Gasteiger partial charge in [0, 0.05) is 44.3 Å². The molecule has 9 heteroatoms. The minimum Gasteiger partial charge on any atom is -0.462 e. The Kier molecular flexibility index (Phi) is 6.15. The van der Waals surface area contributed by atoms with E-state index in [1.54, 1.807) is 36.1 Å². The number of hydrogen-bond donors (Lipinski definition) is 1. The summed E-state index contributed by atoms with van der Waals surface area (Å²) in [6.45, 7) is 4.59. The molecule has 2 amide bonds. The fourth-order valence-corrected chi connectivity index (χ4v) is 2.74. The van der Waals surface area contributed by atoms with Gasteiger partial charge in [-0.1, -0.05) is 0 Å². The molecule has 0 bridgehead atoms. The average molecular weight is 383 g/mol. The molecule has 0 radical (unpaired) electrons. The van der Waals surface area contributed by atoms with Crippen LogP contribution in [-0.2, 0) is 9.53 Å². The summed E-state index contributed by atoms with van der Waals surface area (Å²) in [5.41, 5.74) is 1.29. The number of esters is 1. The largest absolute Gasteiger partial charge is 0.462 e. The first kappa shape index (κ1) is 19.3. The number of nitrogens with zero attached hydrogens (tertiary/aromatic N) is 4. The van der Waals surface area contributed by atoms with E-state index in [-0.39, 0.29) is 5.91 Å². The van der Waals surface area contributed by atoms with Gasteiger partial charge in [0.15, 0.2) is 0 Å². The lowest BCUT2D eigenvalue weighted by Crippen LogP contribution is -2.46. The lowest BCUT2D eigenvalue weighted by atomic mass is 10.2. The maximum atomic E-state index is 12.4. The molecule has 3 rings (SSSR count). The zero-order valence-electron chi connectivity index (χ0n) is 15.5. The van der Waals surface area contributed by atoms with Crippen molar-refractivity contribution in [1.29, 1.82) is 0 Å². The van der Waals surface area contributed by atoms with E-state index in [1.807, 2.05) is 4.90 Å². The highest BCUT2D eigenvalue weighted by atomic mass is 16.5. The smallest absolute Gasteiger partial charge is 0.338 e. The van der Waals surface area contributed by atoms with E-state index in [0.717, 1.165) is 6.41 Å². The predicted octanol–water partition coefficient (Wildman–Crippen LogP) is 1.18. The molecular formula is C19H21N5O4. The number of carbonyl (C=O) groups excluding carboxylic acids is 3. The lowest BCUT2D eigenvalue weighted by Gasteiger charge is -2.32. The van der Waals surface area contributed by atoms with Gasteiger partial charge in [0.05, 0.1) is 17.7 Å². The Bertz CT molecular complexity index is 830. The van der Waals surface area contributed by atoms with E-state index < -0.39 is 5.97 Å². The van der Waals surface area contributed by atoms with Gasteiger partial charge in [-0.3, -0.25) is 9.59 Å². The summed E-state index contributed by atoms with van der Waals surface area (Å²) in [6, 6.07) is 6.44. The van der Waals surface area contributed by atoms with E-state index in [2.05, 4.69) is 15.3 Å². The van der Waals surface area contributed by atoms with Crippen molar-refractivity contribution in [3.8, 4) is 0 Å². The Morgan fingerprint density at radius 3 is 2.29 bits per heavy atom. The van der Waals surface area contributed by atoms with Gasteiger partial charge in [-0.15, -0.1) is 0 Å². The van der Waals surface area contributed by atoms with Gasteiger partial charge in [0.1, 0.15) is 0 Å². The minimum atomic E-state index is -0.404. The highest BCUT2D eigenvalue weighted by Crippen LogP contribution is 2.14. The molecule has 2 aromatic rings. The second-order valence-corrected chi connectivity index (χ2v) is 6.15. The second-order valence-electron chi connectivity index (χ2n) is 6.15. The number of ether oxygens (including phenoxy) is 1. The molecule has 1 aromatic heterocycles. The summed E-state index contributed by atoms with van der Waals surface area (Å²) in [5.74, 6) is -0.222. The van der Waals surface area contributed by atoms with Gasteiger partial charge in [-0.05, 0) is 31.2 Å². The van der Waals surface area contributed by atoms with Crippen LogP contribution in [0.3, 0.4) is 0 Å². The molecule has 0 spiro atoms. The van der Waals surface area contributed by atoms with Gasteiger partial charge in [-0.2, -0.15) is 0 Å². The molecule has 1 fully saturated rings. The summed E-state index contributed by atoms with van der Waals surface area (Å²) in [7, 11) is 0. The van der Waals surface area contributed by atoms with Gasteiger partial charge in [-0.25, -0.2) is 14.8 Å². The Balaban J connectivity index is 1.59. The van der Waals surface area contributed by atoms with E-state index >= 15 is 0 Å². The van der Waals surface area contributed by atoms with Crippen molar-refractivity contribution in [3.05, 3.63) is 47.8 Å². The van der Waals surface area contributed by atoms with E-state index in [1.165, 1.54) is 12.4 Å². The molecule has 1 aliphatic rings.